The van der Waals surface area contributed by atoms with Crippen molar-refractivity contribution in [1.82, 2.24) is 0 Å². The van der Waals surface area contributed by atoms with E-state index in [0.717, 1.165) is 21.1 Å². The molecule has 0 spiro atoms. The lowest BCUT2D eigenvalue weighted by molar-refractivity contribution is -0.114. The zero-order valence-corrected chi connectivity index (χ0v) is 14.6. The van der Waals surface area contributed by atoms with Gasteiger partial charge in [-0.2, -0.15) is 0 Å². The van der Waals surface area contributed by atoms with Crippen molar-refractivity contribution in [3.8, 4) is 0 Å². The highest BCUT2D eigenvalue weighted by atomic mass is 79.9. The maximum Gasteiger partial charge on any atom is 0.245 e. The first-order valence-corrected chi connectivity index (χ1v) is 9.18. The normalized spacial score (nSPS) is 11.1. The van der Waals surface area contributed by atoms with Gasteiger partial charge in [0.15, 0.2) is 0 Å². The van der Waals surface area contributed by atoms with Crippen LogP contribution in [0.25, 0.3) is 0 Å². The molecule has 0 saturated carbocycles. The molecule has 2 aromatic rings. The number of benzene rings is 2. The minimum Gasteiger partial charge on any atom is -0.324 e. The molecule has 23 heavy (non-hydrogen) atoms. The Morgan fingerprint density at radius 1 is 1.22 bits per heavy atom. The molecule has 0 bridgehead atoms. The van der Waals surface area contributed by atoms with Gasteiger partial charge in [0.25, 0.3) is 0 Å². The molecule has 0 radical (unpaired) electrons. The molecule has 0 aliphatic rings. The number of hydrogen-bond donors (Lipinski definition) is 1. The molecule has 2 aromatic carbocycles. The highest BCUT2D eigenvalue weighted by molar-refractivity contribution is 9.10. The molecule has 1 amide bonds. The summed E-state index contributed by atoms with van der Waals surface area (Å²) < 4.78 is 38.7. The maximum absolute atomic E-state index is 13.1. The molecule has 8 heteroatoms. The summed E-state index contributed by atoms with van der Waals surface area (Å²) in [7, 11) is -3.64. The van der Waals surface area contributed by atoms with Crippen LogP contribution in [0.15, 0.2) is 53.0 Å². The SMILES string of the molecule is CS(=O)(=O)N(CC(=O)Nc1cccc(F)c1)c1ccc(Br)cc1. The largest absolute Gasteiger partial charge is 0.324 e. The third-order valence-electron chi connectivity index (χ3n) is 2.91. The fraction of sp³-hybridized carbons (Fsp3) is 0.133. The molecule has 0 aliphatic carbocycles. The smallest absolute Gasteiger partial charge is 0.245 e. The van der Waals surface area contributed by atoms with Gasteiger partial charge in [0.2, 0.25) is 15.9 Å². The summed E-state index contributed by atoms with van der Waals surface area (Å²) in [6, 6.07) is 11.9. The lowest BCUT2D eigenvalue weighted by Gasteiger charge is -2.22. The van der Waals surface area contributed by atoms with E-state index in [4.69, 9.17) is 0 Å². The van der Waals surface area contributed by atoms with Crippen LogP contribution < -0.4 is 9.62 Å². The van der Waals surface area contributed by atoms with E-state index in [0.29, 0.717) is 5.69 Å². The summed E-state index contributed by atoms with van der Waals surface area (Å²) in [6.45, 7) is -0.406. The Kier molecular flexibility index (Phi) is 5.38. The number of nitrogens with zero attached hydrogens (tertiary/aromatic N) is 1. The van der Waals surface area contributed by atoms with Gasteiger partial charge in [0.1, 0.15) is 12.4 Å². The molecule has 122 valence electrons. The zero-order valence-electron chi connectivity index (χ0n) is 12.2. The molecule has 0 fully saturated rings. The Labute approximate surface area is 142 Å². The van der Waals surface area contributed by atoms with Crippen LogP contribution in [0.2, 0.25) is 0 Å². The molecule has 0 unspecified atom stereocenters. The zero-order chi connectivity index (χ0) is 17.0. The summed E-state index contributed by atoms with van der Waals surface area (Å²) in [5.41, 5.74) is 0.629. The van der Waals surface area contributed by atoms with E-state index in [-0.39, 0.29) is 5.69 Å². The van der Waals surface area contributed by atoms with Gasteiger partial charge < -0.3 is 5.32 Å². The van der Waals surface area contributed by atoms with E-state index in [1.54, 1.807) is 24.3 Å². The van der Waals surface area contributed by atoms with Crippen molar-refractivity contribution < 1.29 is 17.6 Å². The monoisotopic (exact) mass is 400 g/mol. The van der Waals surface area contributed by atoms with Crippen molar-refractivity contribution in [2.24, 2.45) is 0 Å². The minimum atomic E-state index is -3.64. The first-order valence-electron chi connectivity index (χ1n) is 6.54. The number of carbonyl (C=O) groups excluding carboxylic acids is 1. The van der Waals surface area contributed by atoms with Crippen molar-refractivity contribution in [3.05, 3.63) is 58.8 Å². The van der Waals surface area contributed by atoms with Crippen LogP contribution >= 0.6 is 15.9 Å². The van der Waals surface area contributed by atoms with E-state index in [2.05, 4.69) is 21.2 Å². The second kappa shape index (κ2) is 7.10. The first-order chi connectivity index (χ1) is 10.8. The summed E-state index contributed by atoms with van der Waals surface area (Å²) in [6.07, 6.45) is 1.02. The minimum absolute atomic E-state index is 0.263. The number of halogens is 2. The fourth-order valence-electron chi connectivity index (χ4n) is 1.90. The van der Waals surface area contributed by atoms with Crippen molar-refractivity contribution in [1.29, 1.82) is 0 Å². The molecular weight excluding hydrogens is 387 g/mol. The first kappa shape index (κ1) is 17.4. The van der Waals surface area contributed by atoms with Crippen LogP contribution in [0.5, 0.6) is 0 Å². The molecule has 0 heterocycles. The number of sulfonamides is 1. The topological polar surface area (TPSA) is 66.5 Å². The Morgan fingerprint density at radius 2 is 1.87 bits per heavy atom. The number of hydrogen-bond acceptors (Lipinski definition) is 3. The Balaban J connectivity index is 2.18. The number of amides is 1. The molecule has 0 atom stereocenters. The van der Waals surface area contributed by atoms with Gasteiger partial charge in [0.05, 0.1) is 11.9 Å². The van der Waals surface area contributed by atoms with Gasteiger partial charge >= 0.3 is 0 Å². The number of rotatable bonds is 5. The summed E-state index contributed by atoms with van der Waals surface area (Å²) in [4.78, 5) is 12.1. The van der Waals surface area contributed by atoms with Gasteiger partial charge in [-0.05, 0) is 42.5 Å². The van der Waals surface area contributed by atoms with Gasteiger partial charge in [-0.25, -0.2) is 12.8 Å². The van der Waals surface area contributed by atoms with Crippen LogP contribution in [0.3, 0.4) is 0 Å². The number of nitrogens with one attached hydrogen (secondary N) is 1. The Morgan fingerprint density at radius 3 is 2.43 bits per heavy atom. The summed E-state index contributed by atoms with van der Waals surface area (Å²) in [5, 5.41) is 2.47. The van der Waals surface area contributed by atoms with E-state index >= 15 is 0 Å². The second-order valence-corrected chi connectivity index (χ2v) is 7.63. The van der Waals surface area contributed by atoms with Gasteiger partial charge in [-0.15, -0.1) is 0 Å². The van der Waals surface area contributed by atoms with Crippen molar-refractivity contribution >= 4 is 43.2 Å². The third kappa shape index (κ3) is 5.04. The van der Waals surface area contributed by atoms with E-state index in [9.17, 15) is 17.6 Å². The average molecular weight is 401 g/mol. The van der Waals surface area contributed by atoms with Crippen LogP contribution in [0.4, 0.5) is 15.8 Å². The standard InChI is InChI=1S/C15H14BrFN2O3S/c1-23(21,22)19(14-7-5-11(16)6-8-14)10-15(20)18-13-4-2-3-12(17)9-13/h2-9H,10H2,1H3,(H,18,20). The number of carbonyl (C=O) groups is 1. The van der Waals surface area contributed by atoms with Gasteiger partial charge in [0, 0.05) is 10.2 Å². The van der Waals surface area contributed by atoms with Gasteiger partial charge in [-0.1, -0.05) is 22.0 Å². The van der Waals surface area contributed by atoms with Crippen molar-refractivity contribution in [3.63, 3.8) is 0 Å². The van der Waals surface area contributed by atoms with Crippen LogP contribution in [0, 0.1) is 5.82 Å². The number of anilines is 2. The highest BCUT2D eigenvalue weighted by Crippen LogP contribution is 2.20. The quantitative estimate of drug-likeness (QED) is 0.838. The summed E-state index contributed by atoms with van der Waals surface area (Å²) in [5.74, 6) is -1.06. The molecule has 2 rings (SSSR count). The third-order valence-corrected chi connectivity index (χ3v) is 4.58. The Hall–Kier alpha value is -1.93. The molecule has 0 aliphatic heterocycles. The molecule has 1 N–H and O–H groups in total. The molecule has 5 nitrogen and oxygen atoms in total. The van der Waals surface area contributed by atoms with Crippen LogP contribution in [-0.4, -0.2) is 27.1 Å². The second-order valence-electron chi connectivity index (χ2n) is 4.80. The van der Waals surface area contributed by atoms with Gasteiger partial charge in [-0.3, -0.25) is 9.10 Å². The molecule has 0 aromatic heterocycles. The molecular formula is C15H14BrFN2O3S. The van der Waals surface area contributed by atoms with Crippen molar-refractivity contribution in [2.75, 3.05) is 22.4 Å². The van der Waals surface area contributed by atoms with Crippen molar-refractivity contribution in [2.45, 2.75) is 0 Å². The highest BCUT2D eigenvalue weighted by Gasteiger charge is 2.20. The van der Waals surface area contributed by atoms with E-state index < -0.39 is 28.3 Å². The lowest BCUT2D eigenvalue weighted by Crippen LogP contribution is -2.37. The summed E-state index contributed by atoms with van der Waals surface area (Å²) >= 11 is 3.26. The maximum atomic E-state index is 13.1. The van der Waals surface area contributed by atoms with Crippen LogP contribution in [0.1, 0.15) is 0 Å². The fourth-order valence-corrected chi connectivity index (χ4v) is 3.03. The average Bonchev–Trinajstić information content (AvgIpc) is 2.45. The van der Waals surface area contributed by atoms with E-state index in [1.807, 2.05) is 0 Å². The van der Waals surface area contributed by atoms with Crippen LogP contribution in [-0.2, 0) is 14.8 Å². The van der Waals surface area contributed by atoms with E-state index in [1.165, 1.54) is 18.2 Å². The molecule has 0 saturated heterocycles. The lowest BCUT2D eigenvalue weighted by atomic mass is 10.3. The predicted octanol–water partition coefficient (Wildman–Crippen LogP) is 2.99. The Bertz CT molecular complexity index is 810. The predicted molar refractivity (Wildman–Crippen MR) is 91.4 cm³/mol.